The average molecular weight is 774 g/mol. The minimum atomic E-state index is -1.27. The first-order valence-electron chi connectivity index (χ1n) is 20.4. The maximum atomic E-state index is 13.8. The second-order valence-corrected chi connectivity index (χ2v) is 19.5. The van der Waals surface area contributed by atoms with Gasteiger partial charge in [-0.1, -0.05) is 53.2 Å². The molecule has 1 amide bonds. The Balaban J connectivity index is 1.23. The normalized spacial score (nSPS) is 36.5. The molecule has 2 unspecified atom stereocenters. The number of anilines is 1. The molecule has 5 aliphatic carbocycles. The highest BCUT2D eigenvalue weighted by atomic mass is 16.7. The third-order valence-electron chi connectivity index (χ3n) is 16.1. The zero-order chi connectivity index (χ0) is 40.5. The van der Waals surface area contributed by atoms with E-state index in [0.29, 0.717) is 44.0 Å². The van der Waals surface area contributed by atoms with Gasteiger partial charge >= 0.3 is 17.9 Å². The van der Waals surface area contributed by atoms with Crippen molar-refractivity contribution in [3.8, 4) is 5.75 Å². The van der Waals surface area contributed by atoms with Crippen molar-refractivity contribution in [3.63, 3.8) is 0 Å². The number of nitrogens with one attached hydrogen (secondary N) is 1. The highest BCUT2D eigenvalue weighted by Crippen LogP contribution is 2.77. The van der Waals surface area contributed by atoms with Crippen molar-refractivity contribution in [2.75, 3.05) is 25.1 Å². The number of hydrogen-bond donors (Lipinski definition) is 4. The van der Waals surface area contributed by atoms with Crippen LogP contribution < -0.4 is 5.32 Å². The van der Waals surface area contributed by atoms with Gasteiger partial charge in [0.15, 0.2) is 5.79 Å². The van der Waals surface area contributed by atoms with Gasteiger partial charge in [-0.2, -0.15) is 0 Å². The number of hydrogen-bond acceptors (Lipinski definition) is 8. The predicted molar refractivity (Wildman–Crippen MR) is 209 cm³/mol. The van der Waals surface area contributed by atoms with Crippen molar-refractivity contribution >= 4 is 35.6 Å². The molecule has 1 aliphatic heterocycles. The minimum absolute atomic E-state index is 0.0326. The van der Waals surface area contributed by atoms with E-state index in [-0.39, 0.29) is 51.5 Å². The van der Waals surface area contributed by atoms with Crippen molar-refractivity contribution < 1.29 is 48.7 Å². The largest absolute Gasteiger partial charge is 0.508 e. The number of esters is 1. The first-order chi connectivity index (χ1) is 26.2. The van der Waals surface area contributed by atoms with E-state index in [9.17, 15) is 29.4 Å². The van der Waals surface area contributed by atoms with E-state index >= 15 is 0 Å². The summed E-state index contributed by atoms with van der Waals surface area (Å²) in [5.74, 6) is -3.52. The summed E-state index contributed by atoms with van der Waals surface area (Å²) in [6.45, 7) is 15.3. The molecule has 0 radical (unpaired) electrons. The lowest BCUT2D eigenvalue weighted by atomic mass is 9.33. The Hall–Kier alpha value is -3.96. The topological polar surface area (TPSA) is 169 Å². The zero-order valence-corrected chi connectivity index (χ0v) is 33.7. The van der Waals surface area contributed by atoms with Crippen molar-refractivity contribution in [3.05, 3.63) is 53.6 Å². The highest BCUT2D eigenvalue weighted by molar-refractivity contribution is 6.03. The third-order valence-corrected chi connectivity index (χ3v) is 16.1. The van der Waals surface area contributed by atoms with Crippen LogP contribution in [0.2, 0.25) is 0 Å². The molecule has 0 bridgehead atoms. The van der Waals surface area contributed by atoms with Gasteiger partial charge in [-0.15, -0.1) is 0 Å². The summed E-state index contributed by atoms with van der Waals surface area (Å²) in [6, 6.07) is 4.23. The number of ether oxygens (including phenoxy) is 3. The summed E-state index contributed by atoms with van der Waals surface area (Å²) in [7, 11) is 0. The predicted octanol–water partition coefficient (Wildman–Crippen LogP) is 8.14. The van der Waals surface area contributed by atoms with Crippen LogP contribution in [-0.2, 0) is 33.4 Å². The standard InChI is InChI=1S/C45H59NO10/c1-39(2)17-19-43(38(52)53)20-21-44(27-54-37(51)14-7-28-25-29(47)8-10-32(28)46-35(48)12-13-36(49)50)30(31(43)26-39)9-11-34-41(5)18-22-45(55-23-24-56-45)40(3,4)33(41)15-16-42(34,44)6/h7-10,12-14,25,31,33-34,47H,11,15-24,26-27H2,1-6H3,(H,46,48)(H,49,50)(H,52,53)/t31-,33?,34?,41-,42+,43-,44-/m0/s1. The fourth-order valence-corrected chi connectivity index (χ4v) is 13.2. The van der Waals surface area contributed by atoms with Crippen LogP contribution in [0.25, 0.3) is 6.08 Å². The number of carbonyl (C=O) groups is 4. The van der Waals surface area contributed by atoms with Crippen molar-refractivity contribution in [2.24, 2.45) is 50.2 Å². The number of aliphatic carboxylic acids is 2. The fraction of sp³-hybridized carbons (Fsp3) is 0.644. The maximum absolute atomic E-state index is 13.8. The maximum Gasteiger partial charge on any atom is 0.330 e. The van der Waals surface area contributed by atoms with Crippen LogP contribution in [0.1, 0.15) is 111 Å². The molecule has 7 atom stereocenters. The molecule has 56 heavy (non-hydrogen) atoms. The van der Waals surface area contributed by atoms with E-state index in [1.54, 1.807) is 0 Å². The number of phenols is 1. The summed E-state index contributed by atoms with van der Waals surface area (Å²) in [4.78, 5) is 50.4. The fourth-order valence-electron chi connectivity index (χ4n) is 13.2. The quantitative estimate of drug-likeness (QED) is 0.0876. The van der Waals surface area contributed by atoms with Gasteiger partial charge in [-0.05, 0) is 116 Å². The molecule has 0 aromatic heterocycles. The van der Waals surface area contributed by atoms with E-state index < -0.39 is 40.4 Å². The van der Waals surface area contributed by atoms with Gasteiger partial charge in [-0.25, -0.2) is 9.59 Å². The van der Waals surface area contributed by atoms with Crippen LogP contribution in [0.15, 0.2) is 48.1 Å². The number of benzene rings is 1. The van der Waals surface area contributed by atoms with Gasteiger partial charge in [0.2, 0.25) is 5.91 Å². The number of rotatable bonds is 8. The zero-order valence-electron chi connectivity index (χ0n) is 33.7. The van der Waals surface area contributed by atoms with Crippen LogP contribution in [-0.4, -0.2) is 64.7 Å². The molecule has 1 aromatic rings. The van der Waals surface area contributed by atoms with Crippen LogP contribution in [0.4, 0.5) is 5.69 Å². The summed E-state index contributed by atoms with van der Waals surface area (Å²) in [5.41, 5.74) is -0.271. The molecule has 5 fully saturated rings. The van der Waals surface area contributed by atoms with Gasteiger partial charge in [0.1, 0.15) is 12.4 Å². The lowest BCUT2D eigenvalue weighted by Gasteiger charge is -2.72. The summed E-state index contributed by atoms with van der Waals surface area (Å²) >= 11 is 0. The molecule has 1 aromatic carbocycles. The Bertz CT molecular complexity index is 1890. The molecular weight excluding hydrogens is 714 g/mol. The number of phenolic OH excluding ortho intramolecular Hbond substituents is 1. The Kier molecular flexibility index (Phi) is 9.96. The van der Waals surface area contributed by atoms with Crippen LogP contribution in [0, 0.1) is 50.2 Å². The number of carboxylic acid groups (broad SMARTS) is 2. The van der Waals surface area contributed by atoms with Crippen LogP contribution >= 0.6 is 0 Å². The van der Waals surface area contributed by atoms with Gasteiger partial charge < -0.3 is 34.8 Å². The average Bonchev–Trinajstić information content (AvgIpc) is 3.62. The smallest absolute Gasteiger partial charge is 0.330 e. The Morgan fingerprint density at radius 3 is 2.29 bits per heavy atom. The van der Waals surface area contributed by atoms with E-state index in [2.05, 4.69) is 52.9 Å². The van der Waals surface area contributed by atoms with Gasteiger partial charge in [0, 0.05) is 46.7 Å². The number of allylic oxidation sites excluding steroid dienone is 1. The molecule has 11 heteroatoms. The molecule has 304 valence electrons. The van der Waals surface area contributed by atoms with E-state index in [0.717, 1.165) is 62.7 Å². The molecular formula is C45H59NO10. The summed E-state index contributed by atoms with van der Waals surface area (Å²) in [6.07, 6.45) is 14.6. The second kappa shape index (κ2) is 13.9. The Morgan fingerprint density at radius 2 is 1.59 bits per heavy atom. The lowest BCUT2D eigenvalue weighted by Crippen LogP contribution is -2.68. The van der Waals surface area contributed by atoms with Gasteiger partial charge in [-0.3, -0.25) is 9.59 Å². The SMILES string of the molecule is CC1(C)CC[C@]2(C(=O)O)CC[C@]3(COC(=O)C=Cc4cc(O)ccc4NC(=O)C=CC(=O)O)C(=CCC4[C@@]5(C)CCC6(OCCO6)C(C)(C)C5CC[C@]43C)[C@@H]2C1. The first-order valence-corrected chi connectivity index (χ1v) is 20.4. The first kappa shape index (κ1) is 40.2. The Labute approximate surface area is 329 Å². The van der Waals surface area contributed by atoms with E-state index in [1.165, 1.54) is 30.4 Å². The summed E-state index contributed by atoms with van der Waals surface area (Å²) < 4.78 is 19.2. The molecule has 4 saturated carbocycles. The highest BCUT2D eigenvalue weighted by Gasteiger charge is 2.73. The van der Waals surface area contributed by atoms with E-state index in [1.807, 2.05) is 0 Å². The van der Waals surface area contributed by atoms with Crippen molar-refractivity contribution in [1.29, 1.82) is 0 Å². The number of aromatic hydroxyl groups is 1. The monoisotopic (exact) mass is 773 g/mol. The van der Waals surface area contributed by atoms with Crippen LogP contribution in [0.3, 0.4) is 0 Å². The third kappa shape index (κ3) is 6.22. The number of carbonyl (C=O) groups excluding carboxylic acids is 2. The van der Waals surface area contributed by atoms with E-state index in [4.69, 9.17) is 19.3 Å². The lowest BCUT2D eigenvalue weighted by molar-refractivity contribution is -0.308. The molecule has 1 spiro atoms. The van der Waals surface area contributed by atoms with Gasteiger partial charge in [0.25, 0.3) is 0 Å². The molecule has 7 rings (SSSR count). The van der Waals surface area contributed by atoms with Crippen molar-refractivity contribution in [2.45, 2.75) is 112 Å². The molecule has 11 nitrogen and oxygen atoms in total. The van der Waals surface area contributed by atoms with Crippen LogP contribution in [0.5, 0.6) is 5.75 Å². The Morgan fingerprint density at radius 1 is 0.875 bits per heavy atom. The molecule has 6 aliphatic rings. The molecule has 1 saturated heterocycles. The van der Waals surface area contributed by atoms with Crippen molar-refractivity contribution in [1.82, 2.24) is 0 Å². The number of amides is 1. The molecule has 4 N–H and O–H groups in total. The number of carboxylic acids is 2. The number of fused-ring (bicyclic) bond motifs is 7. The second-order valence-electron chi connectivity index (χ2n) is 19.5. The minimum Gasteiger partial charge on any atom is -0.508 e. The van der Waals surface area contributed by atoms with Gasteiger partial charge in [0.05, 0.1) is 18.6 Å². The molecule has 1 heterocycles. The summed E-state index contributed by atoms with van der Waals surface area (Å²) in [5, 5.41) is 32.7.